The number of carboxylic acids is 1. The molecule has 0 aliphatic heterocycles. The number of aliphatic carboxylic acids is 1. The number of carbonyl (C=O) groups excluding carboxylic acids is 2. The van der Waals surface area contributed by atoms with E-state index in [1.54, 1.807) is 0 Å². The van der Waals surface area contributed by atoms with Gasteiger partial charge in [-0.25, -0.2) is 4.79 Å². The Balaban J connectivity index is 4.11. The van der Waals surface area contributed by atoms with E-state index in [0.717, 1.165) is 38.5 Å². The van der Waals surface area contributed by atoms with Gasteiger partial charge < -0.3 is 28.5 Å². The van der Waals surface area contributed by atoms with Crippen molar-refractivity contribution < 1.29 is 42.9 Å². The van der Waals surface area contributed by atoms with Gasteiger partial charge in [-0.15, -0.1) is 0 Å². The zero-order chi connectivity index (χ0) is 51.3. The SMILES string of the molecule is CCCCCCCCCC/C=C\CCCCCCCCCCCCCCCCCCCC(=O)OC(COC(=O)CCCCCCCCCCCCCCCCCC)COC(OCC[N+](C)(C)C)C(=O)O. The van der Waals surface area contributed by atoms with E-state index in [-0.39, 0.29) is 38.2 Å². The van der Waals surface area contributed by atoms with Crippen LogP contribution in [0.15, 0.2) is 12.2 Å². The summed E-state index contributed by atoms with van der Waals surface area (Å²) in [5.41, 5.74) is 0. The van der Waals surface area contributed by atoms with Crippen molar-refractivity contribution in [2.45, 2.75) is 315 Å². The molecule has 0 radical (unpaired) electrons. The molecule has 2 atom stereocenters. The lowest BCUT2D eigenvalue weighted by Crippen LogP contribution is -2.40. The first kappa shape index (κ1) is 68.0. The molecular weight excluding hydrogens is 875 g/mol. The van der Waals surface area contributed by atoms with Crippen LogP contribution >= 0.6 is 0 Å². The second-order valence-electron chi connectivity index (χ2n) is 22.0. The summed E-state index contributed by atoms with van der Waals surface area (Å²) in [6, 6.07) is 0. The standard InChI is InChI=1S/C61H117NO8/c1-6-8-10-12-14-16-18-20-22-24-25-26-27-28-29-30-31-32-33-34-35-36-38-40-42-44-46-48-50-52-59(64)70-57(56-69-61(60(65)66)67-54-53-62(3,4)5)55-68-58(63)51-49-47-45-43-41-39-37-23-21-19-17-15-13-11-9-7-2/h24-25,57,61H,6-23,26-56H2,1-5H3/p+1/b25-24-. The minimum absolute atomic E-state index is 0.174. The van der Waals surface area contributed by atoms with Crippen molar-refractivity contribution in [1.29, 1.82) is 0 Å². The number of carbonyl (C=O) groups is 3. The van der Waals surface area contributed by atoms with Crippen molar-refractivity contribution in [1.82, 2.24) is 0 Å². The summed E-state index contributed by atoms with van der Waals surface area (Å²) < 4.78 is 22.9. The molecule has 2 unspecified atom stereocenters. The van der Waals surface area contributed by atoms with E-state index in [0.29, 0.717) is 17.4 Å². The normalized spacial score (nSPS) is 12.8. The Bertz CT molecular complexity index is 1150. The van der Waals surface area contributed by atoms with E-state index in [9.17, 15) is 19.5 Å². The van der Waals surface area contributed by atoms with Crippen molar-refractivity contribution in [3.05, 3.63) is 12.2 Å². The van der Waals surface area contributed by atoms with Crippen molar-refractivity contribution in [2.75, 3.05) is 47.5 Å². The van der Waals surface area contributed by atoms with Gasteiger partial charge in [0.05, 0.1) is 34.4 Å². The van der Waals surface area contributed by atoms with Gasteiger partial charge in [0.2, 0.25) is 0 Å². The second-order valence-corrected chi connectivity index (χ2v) is 22.0. The average molecular weight is 994 g/mol. The van der Waals surface area contributed by atoms with E-state index in [1.165, 1.54) is 238 Å². The number of quaternary nitrogens is 1. The highest BCUT2D eigenvalue weighted by molar-refractivity contribution is 5.71. The molecule has 0 saturated carbocycles. The smallest absolute Gasteiger partial charge is 0.361 e. The third-order valence-electron chi connectivity index (χ3n) is 13.8. The third kappa shape index (κ3) is 53.8. The molecule has 0 aromatic heterocycles. The molecule has 9 heteroatoms. The predicted octanol–water partition coefficient (Wildman–Crippen LogP) is 17.7. The fourth-order valence-corrected chi connectivity index (χ4v) is 9.07. The molecule has 0 heterocycles. The summed E-state index contributed by atoms with van der Waals surface area (Å²) in [4.78, 5) is 37.4. The molecule has 0 saturated heterocycles. The number of esters is 2. The first-order valence-corrected chi connectivity index (χ1v) is 30.4. The summed E-state index contributed by atoms with van der Waals surface area (Å²) in [5.74, 6) is -1.98. The minimum atomic E-state index is -1.50. The molecule has 9 nitrogen and oxygen atoms in total. The Morgan fingerprint density at radius 1 is 0.414 bits per heavy atom. The Kier molecular flexibility index (Phi) is 51.8. The second kappa shape index (κ2) is 53.3. The summed E-state index contributed by atoms with van der Waals surface area (Å²) in [6.45, 7) is 4.94. The average Bonchev–Trinajstić information content (AvgIpc) is 3.33. The van der Waals surface area contributed by atoms with Gasteiger partial charge in [0.15, 0.2) is 6.10 Å². The number of ether oxygens (including phenoxy) is 4. The quantitative estimate of drug-likeness (QED) is 0.0211. The molecule has 1 N–H and O–H groups in total. The molecule has 0 aromatic rings. The van der Waals surface area contributed by atoms with Crippen LogP contribution < -0.4 is 0 Å². The number of hydrogen-bond donors (Lipinski definition) is 1. The maximum absolute atomic E-state index is 12.9. The van der Waals surface area contributed by atoms with Crippen LogP contribution in [-0.2, 0) is 33.3 Å². The number of nitrogens with zero attached hydrogens (tertiary/aromatic N) is 1. The number of allylic oxidation sites excluding steroid dienone is 2. The molecule has 0 fully saturated rings. The zero-order valence-corrected chi connectivity index (χ0v) is 47.2. The summed E-state index contributed by atoms with van der Waals surface area (Å²) in [7, 11) is 5.98. The molecule has 0 amide bonds. The van der Waals surface area contributed by atoms with Gasteiger partial charge in [-0.3, -0.25) is 9.59 Å². The molecule has 0 aliphatic carbocycles. The lowest BCUT2D eigenvalue weighted by Gasteiger charge is -2.25. The minimum Gasteiger partial charge on any atom is -0.477 e. The Morgan fingerprint density at radius 3 is 1.06 bits per heavy atom. The number of hydrogen-bond acceptors (Lipinski definition) is 7. The number of carboxylic acid groups (broad SMARTS) is 1. The summed E-state index contributed by atoms with van der Waals surface area (Å²) in [5, 5.41) is 9.70. The third-order valence-corrected chi connectivity index (χ3v) is 13.8. The van der Waals surface area contributed by atoms with Gasteiger partial charge in [-0.05, 0) is 38.5 Å². The highest BCUT2D eigenvalue weighted by Gasteiger charge is 2.25. The first-order valence-electron chi connectivity index (χ1n) is 30.4. The molecule has 0 rings (SSSR count). The molecule has 0 spiro atoms. The van der Waals surface area contributed by atoms with Gasteiger partial charge in [-0.1, -0.05) is 264 Å². The fourth-order valence-electron chi connectivity index (χ4n) is 9.07. The lowest BCUT2D eigenvalue weighted by molar-refractivity contribution is -0.870. The van der Waals surface area contributed by atoms with E-state index < -0.39 is 18.4 Å². The largest absolute Gasteiger partial charge is 0.477 e. The lowest BCUT2D eigenvalue weighted by atomic mass is 10.0. The van der Waals surface area contributed by atoms with Crippen LogP contribution in [0.5, 0.6) is 0 Å². The number of rotatable bonds is 57. The van der Waals surface area contributed by atoms with Crippen LogP contribution in [0.25, 0.3) is 0 Å². The molecule has 70 heavy (non-hydrogen) atoms. The number of unbranched alkanes of at least 4 members (excludes halogenated alkanes) is 40. The van der Waals surface area contributed by atoms with Gasteiger partial charge in [0.1, 0.15) is 13.2 Å². The highest BCUT2D eigenvalue weighted by atomic mass is 16.7. The predicted molar refractivity (Wildman–Crippen MR) is 295 cm³/mol. The summed E-state index contributed by atoms with van der Waals surface area (Å²) in [6.07, 6.45) is 58.7. The van der Waals surface area contributed by atoms with Crippen molar-refractivity contribution in [3.63, 3.8) is 0 Å². The molecule has 414 valence electrons. The molecule has 0 aliphatic rings. The van der Waals surface area contributed by atoms with E-state index in [2.05, 4.69) is 26.0 Å². The van der Waals surface area contributed by atoms with Gasteiger partial charge in [-0.2, -0.15) is 0 Å². The van der Waals surface area contributed by atoms with Crippen LogP contribution in [0.1, 0.15) is 303 Å². The van der Waals surface area contributed by atoms with Crippen LogP contribution in [0.2, 0.25) is 0 Å². The van der Waals surface area contributed by atoms with Crippen molar-refractivity contribution in [3.8, 4) is 0 Å². The van der Waals surface area contributed by atoms with Crippen LogP contribution in [0, 0.1) is 0 Å². The van der Waals surface area contributed by atoms with Gasteiger partial charge in [0, 0.05) is 12.8 Å². The Hall–Kier alpha value is -1.97. The van der Waals surface area contributed by atoms with Crippen LogP contribution in [0.3, 0.4) is 0 Å². The van der Waals surface area contributed by atoms with Gasteiger partial charge >= 0.3 is 17.9 Å². The first-order chi connectivity index (χ1) is 34.1. The zero-order valence-electron chi connectivity index (χ0n) is 47.2. The highest BCUT2D eigenvalue weighted by Crippen LogP contribution is 2.18. The fraction of sp³-hybridized carbons (Fsp3) is 0.918. The monoisotopic (exact) mass is 993 g/mol. The molecular formula is C61H118NO8+. The van der Waals surface area contributed by atoms with Crippen molar-refractivity contribution >= 4 is 17.9 Å². The van der Waals surface area contributed by atoms with Gasteiger partial charge in [0.25, 0.3) is 6.29 Å². The molecule has 0 bridgehead atoms. The van der Waals surface area contributed by atoms with E-state index in [4.69, 9.17) is 18.9 Å². The molecule has 0 aromatic carbocycles. The maximum atomic E-state index is 12.9. The van der Waals surface area contributed by atoms with Crippen LogP contribution in [-0.4, -0.2) is 87.4 Å². The Morgan fingerprint density at radius 2 is 0.729 bits per heavy atom. The Labute approximate surface area is 434 Å². The van der Waals surface area contributed by atoms with E-state index >= 15 is 0 Å². The number of likely N-dealkylation sites (N-methyl/N-ethyl adjacent to an activating group) is 1. The topological polar surface area (TPSA) is 108 Å². The van der Waals surface area contributed by atoms with Crippen molar-refractivity contribution in [2.24, 2.45) is 0 Å². The van der Waals surface area contributed by atoms with Crippen LogP contribution in [0.4, 0.5) is 0 Å². The maximum Gasteiger partial charge on any atom is 0.361 e. The summed E-state index contributed by atoms with van der Waals surface area (Å²) >= 11 is 0. The van der Waals surface area contributed by atoms with E-state index in [1.807, 2.05) is 21.1 Å².